The minimum absolute atomic E-state index is 0.0501. The van der Waals surface area contributed by atoms with E-state index in [0.717, 1.165) is 25.3 Å². The Labute approximate surface area is 113 Å². The van der Waals surface area contributed by atoms with Gasteiger partial charge in [-0.2, -0.15) is 0 Å². The van der Waals surface area contributed by atoms with Gasteiger partial charge in [-0.3, -0.25) is 0 Å². The molecule has 1 aromatic carbocycles. The van der Waals surface area contributed by atoms with Crippen molar-refractivity contribution < 1.29 is 12.8 Å². The normalized spacial score (nSPS) is 22.5. The highest BCUT2D eigenvalue weighted by molar-refractivity contribution is 7.89. The highest BCUT2D eigenvalue weighted by atomic mass is 32.2. The summed E-state index contributed by atoms with van der Waals surface area (Å²) in [6.07, 6.45) is 2.86. The number of benzene rings is 1. The van der Waals surface area contributed by atoms with Crippen LogP contribution < -0.4 is 10.5 Å². The number of hydrogen-bond acceptors (Lipinski definition) is 3. The van der Waals surface area contributed by atoms with E-state index >= 15 is 0 Å². The lowest BCUT2D eigenvalue weighted by Gasteiger charge is -2.08. The topological polar surface area (TPSA) is 72.2 Å². The molecule has 0 radical (unpaired) electrons. The van der Waals surface area contributed by atoms with Crippen LogP contribution in [-0.4, -0.2) is 14.5 Å². The van der Waals surface area contributed by atoms with Gasteiger partial charge in [0.2, 0.25) is 10.0 Å². The first kappa shape index (κ1) is 14.4. The molecule has 1 aliphatic rings. The third-order valence-electron chi connectivity index (χ3n) is 3.41. The Bertz CT molecular complexity index is 560. The van der Waals surface area contributed by atoms with Crippen LogP contribution in [0.2, 0.25) is 0 Å². The maximum absolute atomic E-state index is 13.7. The Kier molecular flexibility index (Phi) is 4.23. The molecule has 4 nitrogen and oxygen atoms in total. The van der Waals surface area contributed by atoms with Gasteiger partial charge in [0.05, 0.1) is 0 Å². The standard InChI is InChI=1S/C13H19FN2O2S/c1-2-3-10-7-12(10)16-19(17,18)13-6-9(8-15)4-5-11(13)14/h4-6,10,12,16H,2-3,7-8,15H2,1H3. The van der Waals surface area contributed by atoms with E-state index < -0.39 is 15.8 Å². The molecule has 0 bridgehead atoms. The quantitative estimate of drug-likeness (QED) is 0.837. The van der Waals surface area contributed by atoms with Crippen LogP contribution in [0.5, 0.6) is 0 Å². The Morgan fingerprint density at radius 2 is 2.21 bits per heavy atom. The number of rotatable bonds is 6. The number of halogens is 1. The van der Waals surface area contributed by atoms with Gasteiger partial charge < -0.3 is 5.73 Å². The van der Waals surface area contributed by atoms with E-state index in [0.29, 0.717) is 11.5 Å². The van der Waals surface area contributed by atoms with Gasteiger partial charge in [-0.1, -0.05) is 19.4 Å². The molecule has 0 heterocycles. The third kappa shape index (κ3) is 3.32. The summed E-state index contributed by atoms with van der Waals surface area (Å²) in [6, 6.07) is 3.89. The second-order valence-corrected chi connectivity index (χ2v) is 6.66. The fourth-order valence-corrected chi connectivity index (χ4v) is 3.67. The minimum atomic E-state index is -3.79. The maximum atomic E-state index is 13.7. The van der Waals surface area contributed by atoms with Crippen LogP contribution in [0.1, 0.15) is 31.7 Å². The van der Waals surface area contributed by atoms with Gasteiger partial charge in [-0.05, 0) is 36.5 Å². The summed E-state index contributed by atoms with van der Waals surface area (Å²) in [6.45, 7) is 2.25. The summed E-state index contributed by atoms with van der Waals surface area (Å²) < 4.78 is 40.5. The van der Waals surface area contributed by atoms with E-state index in [1.807, 2.05) is 0 Å². The maximum Gasteiger partial charge on any atom is 0.243 e. The van der Waals surface area contributed by atoms with Gasteiger partial charge in [-0.25, -0.2) is 17.5 Å². The Balaban J connectivity index is 2.16. The van der Waals surface area contributed by atoms with E-state index in [9.17, 15) is 12.8 Å². The van der Waals surface area contributed by atoms with Crippen molar-refractivity contribution in [3.05, 3.63) is 29.6 Å². The van der Waals surface area contributed by atoms with Crippen molar-refractivity contribution in [1.82, 2.24) is 4.72 Å². The molecule has 1 fully saturated rings. The third-order valence-corrected chi connectivity index (χ3v) is 4.91. The van der Waals surface area contributed by atoms with Crippen LogP contribution in [0, 0.1) is 11.7 Å². The van der Waals surface area contributed by atoms with Crippen molar-refractivity contribution in [2.24, 2.45) is 11.7 Å². The molecule has 19 heavy (non-hydrogen) atoms. The fraction of sp³-hybridized carbons (Fsp3) is 0.538. The van der Waals surface area contributed by atoms with Crippen molar-refractivity contribution in [2.75, 3.05) is 0 Å². The zero-order valence-electron chi connectivity index (χ0n) is 10.9. The second-order valence-electron chi connectivity index (χ2n) is 4.98. The van der Waals surface area contributed by atoms with Crippen LogP contribution in [0.3, 0.4) is 0 Å². The highest BCUT2D eigenvalue weighted by Crippen LogP contribution is 2.35. The molecule has 0 saturated heterocycles. The average molecular weight is 286 g/mol. The zero-order valence-corrected chi connectivity index (χ0v) is 11.7. The summed E-state index contributed by atoms with van der Waals surface area (Å²) in [5, 5.41) is 0. The van der Waals surface area contributed by atoms with Gasteiger partial charge in [0, 0.05) is 12.6 Å². The smallest absolute Gasteiger partial charge is 0.243 e. The van der Waals surface area contributed by atoms with Crippen molar-refractivity contribution in [3.63, 3.8) is 0 Å². The SMILES string of the molecule is CCCC1CC1NS(=O)(=O)c1cc(CN)ccc1F. The van der Waals surface area contributed by atoms with E-state index in [2.05, 4.69) is 11.6 Å². The molecule has 2 unspecified atom stereocenters. The molecular weight excluding hydrogens is 267 g/mol. The van der Waals surface area contributed by atoms with Crippen molar-refractivity contribution >= 4 is 10.0 Å². The van der Waals surface area contributed by atoms with Gasteiger partial charge in [0.1, 0.15) is 10.7 Å². The van der Waals surface area contributed by atoms with Crippen LogP contribution in [0.25, 0.3) is 0 Å². The number of nitrogens with two attached hydrogens (primary N) is 1. The summed E-state index contributed by atoms with van der Waals surface area (Å²) in [5.41, 5.74) is 6.05. The van der Waals surface area contributed by atoms with Gasteiger partial charge in [0.15, 0.2) is 0 Å². The first-order valence-electron chi connectivity index (χ1n) is 6.48. The second kappa shape index (κ2) is 5.56. The molecule has 2 atom stereocenters. The number of hydrogen-bond donors (Lipinski definition) is 2. The van der Waals surface area contributed by atoms with Gasteiger partial charge in [-0.15, -0.1) is 0 Å². The predicted octanol–water partition coefficient (Wildman–Crippen LogP) is 1.75. The fourth-order valence-electron chi connectivity index (χ4n) is 2.23. The Hall–Kier alpha value is -0.980. The summed E-state index contributed by atoms with van der Waals surface area (Å²) in [7, 11) is -3.79. The molecular formula is C13H19FN2O2S. The van der Waals surface area contributed by atoms with E-state index in [1.54, 1.807) is 0 Å². The summed E-state index contributed by atoms with van der Waals surface area (Å²) in [5.74, 6) is -0.349. The molecule has 1 aromatic rings. The Morgan fingerprint density at radius 1 is 1.47 bits per heavy atom. The van der Waals surface area contributed by atoms with Crippen molar-refractivity contribution in [3.8, 4) is 0 Å². The van der Waals surface area contributed by atoms with Crippen LogP contribution in [0.15, 0.2) is 23.1 Å². The van der Waals surface area contributed by atoms with Crippen LogP contribution in [0.4, 0.5) is 4.39 Å². The lowest BCUT2D eigenvalue weighted by molar-refractivity contribution is 0.551. The first-order chi connectivity index (χ1) is 8.97. The van der Waals surface area contributed by atoms with Crippen molar-refractivity contribution in [1.29, 1.82) is 0 Å². The molecule has 6 heteroatoms. The number of sulfonamides is 1. The minimum Gasteiger partial charge on any atom is -0.326 e. The molecule has 0 aromatic heterocycles. The lowest BCUT2D eigenvalue weighted by atomic mass is 10.2. The first-order valence-corrected chi connectivity index (χ1v) is 7.97. The predicted molar refractivity (Wildman–Crippen MR) is 71.4 cm³/mol. The molecule has 0 spiro atoms. The summed E-state index contributed by atoms with van der Waals surface area (Å²) in [4.78, 5) is -0.308. The lowest BCUT2D eigenvalue weighted by Crippen LogP contribution is -2.28. The van der Waals surface area contributed by atoms with Crippen molar-refractivity contribution in [2.45, 2.75) is 43.7 Å². The van der Waals surface area contributed by atoms with Crippen LogP contribution >= 0.6 is 0 Å². The van der Waals surface area contributed by atoms with Gasteiger partial charge in [0.25, 0.3) is 0 Å². The largest absolute Gasteiger partial charge is 0.326 e. The van der Waals surface area contributed by atoms with E-state index in [-0.39, 0.29) is 17.5 Å². The Morgan fingerprint density at radius 3 is 2.84 bits per heavy atom. The number of nitrogens with one attached hydrogen (secondary N) is 1. The molecule has 0 aliphatic heterocycles. The average Bonchev–Trinajstić information content (AvgIpc) is 3.07. The van der Waals surface area contributed by atoms with Crippen LogP contribution in [-0.2, 0) is 16.6 Å². The van der Waals surface area contributed by atoms with E-state index in [1.165, 1.54) is 12.1 Å². The molecule has 1 aliphatic carbocycles. The van der Waals surface area contributed by atoms with Gasteiger partial charge >= 0.3 is 0 Å². The molecule has 2 rings (SSSR count). The molecule has 0 amide bonds. The molecule has 106 valence electrons. The van der Waals surface area contributed by atoms with E-state index in [4.69, 9.17) is 5.73 Å². The molecule has 3 N–H and O–H groups in total. The highest BCUT2D eigenvalue weighted by Gasteiger charge is 2.39. The molecule has 1 saturated carbocycles. The zero-order chi connectivity index (χ0) is 14.0. The monoisotopic (exact) mass is 286 g/mol. The summed E-state index contributed by atoms with van der Waals surface area (Å²) >= 11 is 0.